The van der Waals surface area contributed by atoms with Crippen LogP contribution in [-0.2, 0) is 16.1 Å². The van der Waals surface area contributed by atoms with E-state index in [2.05, 4.69) is 41.0 Å². The zero-order chi connectivity index (χ0) is 25.1. The normalized spacial score (nSPS) is 22.3. The quantitative estimate of drug-likeness (QED) is 0.635. The Morgan fingerprint density at radius 3 is 2.33 bits per heavy atom. The molecule has 0 radical (unpaired) electrons. The van der Waals surface area contributed by atoms with Crippen molar-refractivity contribution in [2.24, 2.45) is 0 Å². The van der Waals surface area contributed by atoms with Crippen molar-refractivity contribution in [3.8, 4) is 5.75 Å². The number of carbonyl (C=O) groups excluding carboxylic acids is 3. The number of rotatable bonds is 4. The highest BCUT2D eigenvalue weighted by Gasteiger charge is 2.40. The average Bonchev–Trinajstić information content (AvgIpc) is 3.18. The zero-order valence-corrected chi connectivity index (χ0v) is 20.3. The van der Waals surface area contributed by atoms with Gasteiger partial charge in [0.15, 0.2) is 11.6 Å². The number of ether oxygens (including phenoxy) is 1. The Morgan fingerprint density at radius 2 is 1.67 bits per heavy atom. The van der Waals surface area contributed by atoms with Gasteiger partial charge in [0, 0.05) is 36.6 Å². The van der Waals surface area contributed by atoms with E-state index in [9.17, 15) is 18.8 Å². The van der Waals surface area contributed by atoms with Crippen LogP contribution in [0.25, 0.3) is 0 Å². The molecule has 0 bridgehead atoms. The average molecular weight is 494 g/mol. The molecule has 6 rings (SSSR count). The van der Waals surface area contributed by atoms with E-state index >= 15 is 0 Å². The summed E-state index contributed by atoms with van der Waals surface area (Å²) >= 11 is 0. The monoisotopic (exact) mass is 493 g/mol. The molecule has 4 aliphatic rings. The van der Waals surface area contributed by atoms with Crippen LogP contribution in [0, 0.1) is 5.82 Å². The van der Waals surface area contributed by atoms with Crippen molar-refractivity contribution in [3.63, 3.8) is 0 Å². The van der Waals surface area contributed by atoms with Crippen LogP contribution < -0.4 is 15.4 Å². The van der Waals surface area contributed by atoms with Gasteiger partial charge in [-0.1, -0.05) is 36.8 Å². The summed E-state index contributed by atoms with van der Waals surface area (Å²) in [6.45, 7) is 2.34. The van der Waals surface area contributed by atoms with Gasteiger partial charge >= 0.3 is 0 Å². The van der Waals surface area contributed by atoms with Gasteiger partial charge in [0.1, 0.15) is 6.04 Å². The summed E-state index contributed by atoms with van der Waals surface area (Å²) in [6, 6.07) is 13.0. The fourth-order valence-electron chi connectivity index (χ4n) is 5.29. The number of halogens is 1. The van der Waals surface area contributed by atoms with Crippen LogP contribution in [0.4, 0.5) is 4.39 Å². The van der Waals surface area contributed by atoms with E-state index in [1.165, 1.54) is 23.0 Å². The fourth-order valence-corrected chi connectivity index (χ4v) is 5.29. The fraction of sp³-hybridized carbons (Fsp3) is 0.464. The van der Waals surface area contributed by atoms with Crippen LogP contribution in [-0.4, -0.2) is 47.9 Å². The second-order valence-corrected chi connectivity index (χ2v) is 9.95. The third kappa shape index (κ3) is 5.14. The number of hydrogen-bond acceptors (Lipinski definition) is 5. The van der Waals surface area contributed by atoms with Crippen molar-refractivity contribution < 1.29 is 23.5 Å². The molecule has 36 heavy (non-hydrogen) atoms. The molecule has 2 N–H and O–H groups in total. The van der Waals surface area contributed by atoms with E-state index in [0.29, 0.717) is 0 Å². The lowest BCUT2D eigenvalue weighted by Crippen LogP contribution is -2.52. The van der Waals surface area contributed by atoms with Gasteiger partial charge in [-0.2, -0.15) is 0 Å². The molecule has 0 aromatic heterocycles. The molecular formula is C28H32FN3O4. The van der Waals surface area contributed by atoms with Crippen molar-refractivity contribution in [2.45, 2.75) is 69.6 Å². The van der Waals surface area contributed by atoms with E-state index in [4.69, 9.17) is 4.74 Å². The summed E-state index contributed by atoms with van der Waals surface area (Å²) in [5.41, 5.74) is 2.01. The highest BCUT2D eigenvalue weighted by atomic mass is 19.1. The van der Waals surface area contributed by atoms with Gasteiger partial charge in [0.2, 0.25) is 11.8 Å². The SMILES string of the molecule is O=C1CCC(N2Cc3c(ccc(OC4CCCCC4)c3F)C2=O)C(=O)N1.c1ccc(C2CNC2)cc1. The number of carbonyl (C=O) groups is 3. The van der Waals surface area contributed by atoms with Crippen LogP contribution in [0.3, 0.4) is 0 Å². The highest BCUT2D eigenvalue weighted by Crippen LogP contribution is 2.34. The van der Waals surface area contributed by atoms with Gasteiger partial charge in [-0.05, 0) is 49.8 Å². The Bertz CT molecular complexity index is 1130. The van der Waals surface area contributed by atoms with E-state index in [0.717, 1.165) is 44.7 Å². The lowest BCUT2D eigenvalue weighted by Gasteiger charge is -2.29. The Labute approximate surface area is 210 Å². The maximum Gasteiger partial charge on any atom is 0.255 e. The molecule has 1 unspecified atom stereocenters. The Kier molecular flexibility index (Phi) is 7.32. The largest absolute Gasteiger partial charge is 0.487 e. The lowest BCUT2D eigenvalue weighted by atomic mass is 9.94. The van der Waals surface area contributed by atoms with Gasteiger partial charge in [-0.3, -0.25) is 19.7 Å². The topological polar surface area (TPSA) is 87.7 Å². The molecule has 3 amide bonds. The van der Waals surface area contributed by atoms with Crippen LogP contribution in [0.2, 0.25) is 0 Å². The van der Waals surface area contributed by atoms with Gasteiger partial charge in [0.05, 0.1) is 12.6 Å². The summed E-state index contributed by atoms with van der Waals surface area (Å²) in [5.74, 6) is -0.783. The minimum Gasteiger partial charge on any atom is -0.487 e. The molecule has 3 heterocycles. The minimum atomic E-state index is -0.741. The standard InChI is InChI=1S/C19H21FN2O4.C9H11N/c20-17-13-10-22(14-7-9-16(23)21-18(14)24)19(25)12(13)6-8-15(17)26-11-4-2-1-3-5-11;1-2-4-8(5-3-1)9-6-10-7-9/h6,8,11,14H,1-5,7,9-10H2,(H,21,23,24);1-5,9-10H,6-7H2. The highest BCUT2D eigenvalue weighted by molar-refractivity contribution is 6.05. The third-order valence-electron chi connectivity index (χ3n) is 7.51. The Hall–Kier alpha value is -3.26. The van der Waals surface area contributed by atoms with Crippen molar-refractivity contribution in [2.75, 3.05) is 13.1 Å². The van der Waals surface area contributed by atoms with E-state index < -0.39 is 17.8 Å². The van der Waals surface area contributed by atoms with Gasteiger partial charge in [-0.25, -0.2) is 4.39 Å². The molecule has 3 aliphatic heterocycles. The summed E-state index contributed by atoms with van der Waals surface area (Å²) in [5, 5.41) is 5.50. The smallest absolute Gasteiger partial charge is 0.255 e. The zero-order valence-electron chi connectivity index (χ0n) is 20.3. The molecule has 2 aromatic carbocycles. The second-order valence-electron chi connectivity index (χ2n) is 9.95. The molecule has 2 saturated heterocycles. The van der Waals surface area contributed by atoms with Crippen LogP contribution >= 0.6 is 0 Å². The summed E-state index contributed by atoms with van der Waals surface area (Å²) < 4.78 is 20.8. The Balaban J connectivity index is 0.000000222. The second kappa shape index (κ2) is 10.8. The van der Waals surface area contributed by atoms with E-state index in [-0.39, 0.29) is 54.2 Å². The molecule has 7 nitrogen and oxygen atoms in total. The number of nitrogens with zero attached hydrogens (tertiary/aromatic N) is 1. The van der Waals surface area contributed by atoms with E-state index in [1.54, 1.807) is 6.07 Å². The molecule has 0 spiro atoms. The number of piperidine rings is 1. The number of hydrogen-bond donors (Lipinski definition) is 2. The Morgan fingerprint density at radius 1 is 0.917 bits per heavy atom. The summed E-state index contributed by atoms with van der Waals surface area (Å²) in [4.78, 5) is 37.3. The van der Waals surface area contributed by atoms with Crippen molar-refractivity contribution in [1.82, 2.24) is 15.5 Å². The number of imide groups is 1. The maximum absolute atomic E-state index is 14.9. The predicted octanol–water partition coefficient (Wildman–Crippen LogP) is 3.67. The molecular weight excluding hydrogens is 461 g/mol. The molecule has 3 fully saturated rings. The first kappa shape index (κ1) is 24.4. The molecule has 190 valence electrons. The van der Waals surface area contributed by atoms with Gasteiger partial charge in [-0.15, -0.1) is 0 Å². The predicted molar refractivity (Wildman–Crippen MR) is 132 cm³/mol. The van der Waals surface area contributed by atoms with Crippen molar-refractivity contribution in [3.05, 3.63) is 65.0 Å². The number of nitrogens with one attached hydrogen (secondary N) is 2. The first-order valence-electron chi connectivity index (χ1n) is 12.9. The van der Waals surface area contributed by atoms with Gasteiger partial charge < -0.3 is 15.0 Å². The van der Waals surface area contributed by atoms with E-state index in [1.807, 2.05) is 0 Å². The summed E-state index contributed by atoms with van der Waals surface area (Å²) in [7, 11) is 0. The molecule has 1 atom stereocenters. The number of amides is 3. The minimum absolute atomic E-state index is 0.0136. The molecule has 8 heteroatoms. The molecule has 2 aromatic rings. The van der Waals surface area contributed by atoms with Crippen LogP contribution in [0.1, 0.15) is 72.3 Å². The summed E-state index contributed by atoms with van der Waals surface area (Å²) in [6.07, 6.45) is 5.63. The first-order chi connectivity index (χ1) is 17.5. The lowest BCUT2D eigenvalue weighted by molar-refractivity contribution is -0.136. The number of fused-ring (bicyclic) bond motifs is 1. The molecule has 1 saturated carbocycles. The van der Waals surface area contributed by atoms with Crippen LogP contribution in [0.15, 0.2) is 42.5 Å². The van der Waals surface area contributed by atoms with Crippen molar-refractivity contribution >= 4 is 17.7 Å². The third-order valence-corrected chi connectivity index (χ3v) is 7.51. The van der Waals surface area contributed by atoms with Crippen LogP contribution in [0.5, 0.6) is 5.75 Å². The maximum atomic E-state index is 14.9. The first-order valence-corrected chi connectivity index (χ1v) is 12.9. The van der Waals surface area contributed by atoms with Crippen molar-refractivity contribution in [1.29, 1.82) is 0 Å². The van der Waals surface area contributed by atoms with Gasteiger partial charge in [0.25, 0.3) is 5.91 Å². The number of benzene rings is 2. The molecule has 1 aliphatic carbocycles.